The lowest BCUT2D eigenvalue weighted by Gasteiger charge is -1.91. The van der Waals surface area contributed by atoms with Gasteiger partial charge in [-0.3, -0.25) is 0 Å². The molecule has 0 aromatic carbocycles. The minimum atomic E-state index is -0.534. The van der Waals surface area contributed by atoms with Crippen molar-refractivity contribution in [3.05, 3.63) is 16.3 Å². The fraction of sp³-hybridized carbons (Fsp3) is 0.200. The largest absolute Gasteiger partial charge is 0.437 e. The highest BCUT2D eigenvalue weighted by Crippen LogP contribution is 2.16. The van der Waals surface area contributed by atoms with E-state index < -0.39 is 4.92 Å². The molecule has 0 radical (unpaired) electrons. The number of nitrogens with one attached hydrogen (secondary N) is 1. The van der Waals surface area contributed by atoms with Gasteiger partial charge in [-0.15, -0.1) is 0 Å². The molecule has 0 unspecified atom stereocenters. The van der Waals surface area contributed by atoms with Gasteiger partial charge in [0.25, 0.3) is 5.65 Å². The Bertz CT molecular complexity index is 442. The topological polar surface area (TPSA) is 89.6 Å². The number of imidazole rings is 1. The smallest absolute Gasteiger partial charge is 0.390 e. The van der Waals surface area contributed by atoms with E-state index >= 15 is 0 Å². The lowest BCUT2D eigenvalue weighted by molar-refractivity contribution is -0.396. The molecule has 0 amide bonds. The van der Waals surface area contributed by atoms with E-state index in [2.05, 4.69) is 15.2 Å². The fourth-order valence-corrected chi connectivity index (χ4v) is 1.05. The second kappa shape index (κ2) is 2.03. The number of aryl methyl sites for hydroxylation is 1. The first-order valence-corrected chi connectivity index (χ1v) is 3.20. The number of nitrogens with zero attached hydrogens (tertiary/aromatic N) is 4. The minimum absolute atomic E-state index is 0.182. The molecule has 0 saturated carbocycles. The Morgan fingerprint density at radius 1 is 1.75 bits per heavy atom. The summed E-state index contributed by atoms with van der Waals surface area (Å²) < 4.78 is 1.37. The minimum Gasteiger partial charge on any atom is -0.390 e. The Balaban J connectivity index is 2.78. The van der Waals surface area contributed by atoms with Gasteiger partial charge in [-0.05, 0) is 9.91 Å². The van der Waals surface area contributed by atoms with E-state index in [1.807, 2.05) is 0 Å². The monoisotopic (exact) mass is 167 g/mol. The van der Waals surface area contributed by atoms with E-state index in [4.69, 9.17) is 0 Å². The standard InChI is InChI=1S/C5H5N5O2/c1-9-3-2-6-8-4(3)7-5(9)10(11)12/h2H,1H3,(H,6,8). The second-order valence-electron chi connectivity index (χ2n) is 2.33. The van der Waals surface area contributed by atoms with Crippen molar-refractivity contribution >= 4 is 17.1 Å². The van der Waals surface area contributed by atoms with Crippen molar-refractivity contribution in [3.63, 3.8) is 0 Å². The molecule has 2 heterocycles. The molecule has 2 rings (SSSR count). The first-order chi connectivity index (χ1) is 5.70. The van der Waals surface area contributed by atoms with Crippen molar-refractivity contribution in [1.82, 2.24) is 19.7 Å². The van der Waals surface area contributed by atoms with E-state index in [1.54, 1.807) is 7.05 Å². The number of rotatable bonds is 1. The first-order valence-electron chi connectivity index (χ1n) is 3.20. The predicted molar refractivity (Wildman–Crippen MR) is 39.5 cm³/mol. The maximum atomic E-state index is 10.4. The van der Waals surface area contributed by atoms with Crippen LogP contribution in [0.5, 0.6) is 0 Å². The van der Waals surface area contributed by atoms with Crippen molar-refractivity contribution in [1.29, 1.82) is 0 Å². The van der Waals surface area contributed by atoms with Crippen LogP contribution in [0.25, 0.3) is 11.2 Å². The summed E-state index contributed by atoms with van der Waals surface area (Å²) in [6, 6.07) is 0. The van der Waals surface area contributed by atoms with Crippen molar-refractivity contribution in [2.45, 2.75) is 0 Å². The normalized spacial score (nSPS) is 10.8. The number of nitro groups is 1. The lowest BCUT2D eigenvalue weighted by Crippen LogP contribution is -1.97. The van der Waals surface area contributed by atoms with Crippen LogP contribution in [0.3, 0.4) is 0 Å². The van der Waals surface area contributed by atoms with Crippen LogP contribution in [-0.4, -0.2) is 24.7 Å². The van der Waals surface area contributed by atoms with E-state index in [0.29, 0.717) is 11.2 Å². The number of hydrogen-bond donors (Lipinski definition) is 1. The average molecular weight is 167 g/mol. The molecule has 7 heteroatoms. The molecule has 12 heavy (non-hydrogen) atoms. The van der Waals surface area contributed by atoms with Crippen molar-refractivity contribution in [2.24, 2.45) is 7.05 Å². The first kappa shape index (κ1) is 6.77. The molecular formula is C5H5N5O2. The van der Waals surface area contributed by atoms with Gasteiger partial charge in [-0.2, -0.15) is 5.10 Å². The van der Waals surface area contributed by atoms with Gasteiger partial charge < -0.3 is 10.1 Å². The van der Waals surface area contributed by atoms with Gasteiger partial charge in [-0.1, -0.05) is 0 Å². The maximum Gasteiger partial charge on any atom is 0.437 e. The number of fused-ring (bicyclic) bond motifs is 1. The fourth-order valence-electron chi connectivity index (χ4n) is 1.05. The molecule has 2 aromatic rings. The number of aromatic nitrogens is 4. The molecule has 0 bridgehead atoms. The van der Waals surface area contributed by atoms with Gasteiger partial charge in [0.05, 0.1) is 13.2 Å². The summed E-state index contributed by atoms with van der Waals surface area (Å²) in [7, 11) is 1.57. The van der Waals surface area contributed by atoms with E-state index in [-0.39, 0.29) is 5.95 Å². The summed E-state index contributed by atoms with van der Waals surface area (Å²) in [6.45, 7) is 0. The van der Waals surface area contributed by atoms with E-state index in [1.165, 1.54) is 10.8 Å². The van der Waals surface area contributed by atoms with Crippen molar-refractivity contribution in [3.8, 4) is 0 Å². The van der Waals surface area contributed by atoms with Crippen LogP contribution in [0.15, 0.2) is 6.20 Å². The Morgan fingerprint density at radius 3 is 3.08 bits per heavy atom. The SMILES string of the molecule is Cn1c([N+](=O)[O-])nc2[nH]ncc21. The van der Waals surface area contributed by atoms with Gasteiger partial charge in [0, 0.05) is 0 Å². The molecule has 0 aliphatic rings. The number of hydrogen-bond acceptors (Lipinski definition) is 4. The number of H-pyrrole nitrogens is 1. The second-order valence-corrected chi connectivity index (χ2v) is 2.33. The maximum absolute atomic E-state index is 10.4. The molecule has 0 aliphatic carbocycles. The molecular weight excluding hydrogens is 162 g/mol. The molecule has 0 fully saturated rings. The third kappa shape index (κ3) is 0.698. The lowest BCUT2D eigenvalue weighted by atomic mass is 10.6. The third-order valence-corrected chi connectivity index (χ3v) is 1.64. The summed E-state index contributed by atoms with van der Waals surface area (Å²) >= 11 is 0. The van der Waals surface area contributed by atoms with E-state index in [0.717, 1.165) is 0 Å². The summed E-state index contributed by atoms with van der Waals surface area (Å²) in [4.78, 5) is 13.6. The molecule has 1 N–H and O–H groups in total. The Morgan fingerprint density at radius 2 is 2.50 bits per heavy atom. The van der Waals surface area contributed by atoms with E-state index in [9.17, 15) is 10.1 Å². The molecule has 7 nitrogen and oxygen atoms in total. The van der Waals surface area contributed by atoms with Crippen LogP contribution in [0, 0.1) is 10.1 Å². The Labute approximate surface area is 66.2 Å². The molecule has 0 atom stereocenters. The Hall–Kier alpha value is -1.92. The highest BCUT2D eigenvalue weighted by Gasteiger charge is 2.19. The van der Waals surface area contributed by atoms with Crippen LogP contribution in [0.1, 0.15) is 0 Å². The van der Waals surface area contributed by atoms with Gasteiger partial charge in [0.15, 0.2) is 5.52 Å². The van der Waals surface area contributed by atoms with Crippen LogP contribution in [0.4, 0.5) is 5.95 Å². The zero-order valence-corrected chi connectivity index (χ0v) is 6.18. The summed E-state index contributed by atoms with van der Waals surface area (Å²) in [5, 5.41) is 16.6. The molecule has 0 spiro atoms. The third-order valence-electron chi connectivity index (χ3n) is 1.64. The summed E-state index contributed by atoms with van der Waals surface area (Å²) in [5.74, 6) is -0.182. The number of aromatic amines is 1. The highest BCUT2D eigenvalue weighted by atomic mass is 16.6. The molecule has 0 aliphatic heterocycles. The summed E-state index contributed by atoms with van der Waals surface area (Å²) in [5.41, 5.74) is 1.06. The molecule has 0 saturated heterocycles. The van der Waals surface area contributed by atoms with Crippen LogP contribution >= 0.6 is 0 Å². The molecule has 2 aromatic heterocycles. The molecule has 62 valence electrons. The van der Waals surface area contributed by atoms with Crippen LogP contribution in [0.2, 0.25) is 0 Å². The van der Waals surface area contributed by atoms with Crippen LogP contribution in [-0.2, 0) is 7.05 Å². The van der Waals surface area contributed by atoms with Gasteiger partial charge in [0.1, 0.15) is 0 Å². The Kier molecular flexibility index (Phi) is 1.15. The zero-order valence-electron chi connectivity index (χ0n) is 6.18. The van der Waals surface area contributed by atoms with Crippen LogP contribution < -0.4 is 0 Å². The quantitative estimate of drug-likeness (QED) is 0.485. The zero-order chi connectivity index (χ0) is 8.72. The van der Waals surface area contributed by atoms with Crippen molar-refractivity contribution < 1.29 is 4.92 Å². The average Bonchev–Trinajstić information content (AvgIpc) is 2.53. The predicted octanol–water partition coefficient (Wildman–Crippen LogP) is 0.205. The van der Waals surface area contributed by atoms with Gasteiger partial charge in [-0.25, -0.2) is 9.67 Å². The van der Waals surface area contributed by atoms with Crippen molar-refractivity contribution in [2.75, 3.05) is 0 Å². The van der Waals surface area contributed by atoms with Gasteiger partial charge in [0.2, 0.25) is 0 Å². The highest BCUT2D eigenvalue weighted by molar-refractivity contribution is 5.72. The van der Waals surface area contributed by atoms with Gasteiger partial charge >= 0.3 is 5.95 Å². The summed E-state index contributed by atoms with van der Waals surface area (Å²) in [6.07, 6.45) is 1.50.